The van der Waals surface area contributed by atoms with Crippen LogP contribution in [0.5, 0.6) is 0 Å². The molecule has 1 rings (SSSR count). The third-order valence-electron chi connectivity index (χ3n) is 1.52. The van der Waals surface area contributed by atoms with E-state index in [2.05, 4.69) is 0 Å². The van der Waals surface area contributed by atoms with Gasteiger partial charge in [-0.15, -0.1) is 0 Å². The highest BCUT2D eigenvalue weighted by atomic mass is 19.3. The monoisotopic (exact) mass is 194 g/mol. The second-order valence-corrected chi connectivity index (χ2v) is 2.45. The topological polar surface area (TPSA) is 20.2 Å². The van der Waals surface area contributed by atoms with Crippen LogP contribution in [0, 0.1) is 11.6 Å². The summed E-state index contributed by atoms with van der Waals surface area (Å²) in [5.41, 5.74) is -0.727. The summed E-state index contributed by atoms with van der Waals surface area (Å²) in [5.74, 6) is -1.91. The summed E-state index contributed by atoms with van der Waals surface area (Å²) >= 11 is 0. The lowest BCUT2D eigenvalue weighted by atomic mass is 10.1. The van der Waals surface area contributed by atoms with Gasteiger partial charge in [-0.05, 0) is 18.2 Å². The predicted octanol–water partition coefficient (Wildman–Crippen LogP) is 2.26. The molecule has 0 saturated carbocycles. The fourth-order valence-electron chi connectivity index (χ4n) is 0.877. The Morgan fingerprint density at radius 3 is 2.31 bits per heavy atom. The molecule has 0 aromatic heterocycles. The molecular formula is C8H6F4O. The molecule has 1 atom stereocenters. The molecule has 0 aliphatic heterocycles. The second kappa shape index (κ2) is 3.74. The summed E-state index contributed by atoms with van der Waals surface area (Å²) in [6.07, 6.45) is -5.41. The number of aliphatic hydroxyl groups is 1. The number of alkyl halides is 2. The van der Waals surface area contributed by atoms with Gasteiger partial charge in [0.15, 0.2) is 0 Å². The smallest absolute Gasteiger partial charge is 0.268 e. The van der Waals surface area contributed by atoms with Crippen LogP contribution >= 0.6 is 0 Å². The minimum atomic E-state index is -3.13. The van der Waals surface area contributed by atoms with Gasteiger partial charge >= 0.3 is 0 Å². The molecule has 0 amide bonds. The number of benzene rings is 1. The molecule has 1 N–H and O–H groups in total. The number of aliphatic hydroxyl groups excluding tert-OH is 1. The van der Waals surface area contributed by atoms with Crippen LogP contribution in [0.1, 0.15) is 11.7 Å². The van der Waals surface area contributed by atoms with Crippen molar-refractivity contribution < 1.29 is 22.7 Å². The van der Waals surface area contributed by atoms with E-state index in [1.54, 1.807) is 0 Å². The maximum absolute atomic E-state index is 12.7. The lowest BCUT2D eigenvalue weighted by Crippen LogP contribution is -2.10. The highest BCUT2D eigenvalue weighted by molar-refractivity contribution is 5.21. The number of hydrogen-bond acceptors (Lipinski definition) is 1. The number of hydrogen-bond donors (Lipinski definition) is 1. The highest BCUT2D eigenvalue weighted by Crippen LogP contribution is 2.23. The lowest BCUT2D eigenvalue weighted by Gasteiger charge is -2.10. The normalized spacial score (nSPS) is 13.4. The highest BCUT2D eigenvalue weighted by Gasteiger charge is 2.22. The SMILES string of the molecule is O[C@@H](c1cc(F)ccc1F)C(F)F. The molecule has 0 radical (unpaired) electrons. The molecular weight excluding hydrogens is 188 g/mol. The van der Waals surface area contributed by atoms with Crippen molar-refractivity contribution in [3.8, 4) is 0 Å². The van der Waals surface area contributed by atoms with Crippen LogP contribution in [0.15, 0.2) is 18.2 Å². The van der Waals surface area contributed by atoms with Gasteiger partial charge in [-0.3, -0.25) is 0 Å². The first kappa shape index (κ1) is 9.98. The molecule has 0 bridgehead atoms. The summed E-state index contributed by atoms with van der Waals surface area (Å²) in [6.45, 7) is 0. The van der Waals surface area contributed by atoms with Crippen molar-refractivity contribution >= 4 is 0 Å². The summed E-state index contributed by atoms with van der Waals surface area (Å²) in [5, 5.41) is 8.75. The Labute approximate surface area is 71.6 Å². The molecule has 13 heavy (non-hydrogen) atoms. The maximum Gasteiger partial charge on any atom is 0.268 e. The van der Waals surface area contributed by atoms with Gasteiger partial charge < -0.3 is 5.11 Å². The zero-order chi connectivity index (χ0) is 10.0. The van der Waals surface area contributed by atoms with E-state index in [4.69, 9.17) is 5.11 Å². The standard InChI is InChI=1S/C8H6F4O/c9-4-1-2-6(10)5(3-4)7(13)8(11)12/h1-3,7-8,13H/t7-/m0/s1. The third kappa shape index (κ3) is 2.18. The van der Waals surface area contributed by atoms with Gasteiger partial charge in [0.2, 0.25) is 0 Å². The van der Waals surface area contributed by atoms with E-state index < -0.39 is 29.7 Å². The summed E-state index contributed by atoms with van der Waals surface area (Å²) in [7, 11) is 0. The van der Waals surface area contributed by atoms with E-state index in [-0.39, 0.29) is 0 Å². The largest absolute Gasteiger partial charge is 0.382 e. The van der Waals surface area contributed by atoms with Crippen molar-refractivity contribution in [3.63, 3.8) is 0 Å². The minimum absolute atomic E-state index is 0.548. The summed E-state index contributed by atoms with van der Waals surface area (Å²) in [4.78, 5) is 0. The first-order valence-corrected chi connectivity index (χ1v) is 3.43. The lowest BCUT2D eigenvalue weighted by molar-refractivity contribution is -0.00787. The van der Waals surface area contributed by atoms with Gasteiger partial charge in [0.25, 0.3) is 6.43 Å². The van der Waals surface area contributed by atoms with Crippen molar-refractivity contribution in [2.45, 2.75) is 12.5 Å². The van der Waals surface area contributed by atoms with Gasteiger partial charge in [-0.2, -0.15) is 0 Å². The quantitative estimate of drug-likeness (QED) is 0.716. The molecule has 0 fully saturated rings. The van der Waals surface area contributed by atoms with Crippen LogP contribution in [0.2, 0.25) is 0 Å². The molecule has 0 aliphatic carbocycles. The van der Waals surface area contributed by atoms with Crippen molar-refractivity contribution in [1.29, 1.82) is 0 Å². The molecule has 0 saturated heterocycles. The average Bonchev–Trinajstić information content (AvgIpc) is 2.08. The van der Waals surface area contributed by atoms with Gasteiger partial charge in [-0.1, -0.05) is 0 Å². The van der Waals surface area contributed by atoms with Gasteiger partial charge in [-0.25, -0.2) is 17.6 Å². The average molecular weight is 194 g/mol. The summed E-state index contributed by atoms with van der Waals surface area (Å²) < 4.78 is 48.9. The Kier molecular flexibility index (Phi) is 2.87. The van der Waals surface area contributed by atoms with Gasteiger partial charge in [0.1, 0.15) is 17.7 Å². The van der Waals surface area contributed by atoms with Crippen LogP contribution in [-0.2, 0) is 0 Å². The predicted molar refractivity (Wildman–Crippen MR) is 37.3 cm³/mol. The second-order valence-electron chi connectivity index (χ2n) is 2.45. The Morgan fingerprint density at radius 1 is 1.15 bits per heavy atom. The molecule has 1 aromatic carbocycles. The van der Waals surface area contributed by atoms with E-state index in [1.165, 1.54) is 0 Å². The minimum Gasteiger partial charge on any atom is -0.382 e. The maximum atomic E-state index is 12.7. The van der Waals surface area contributed by atoms with Crippen LogP contribution in [0.3, 0.4) is 0 Å². The van der Waals surface area contributed by atoms with E-state index in [0.29, 0.717) is 12.1 Å². The molecule has 0 spiro atoms. The molecule has 0 unspecified atom stereocenters. The first-order valence-electron chi connectivity index (χ1n) is 3.43. The van der Waals surface area contributed by atoms with Gasteiger partial charge in [0.05, 0.1) is 0 Å². The van der Waals surface area contributed by atoms with Gasteiger partial charge in [0, 0.05) is 5.56 Å². The van der Waals surface area contributed by atoms with E-state index in [9.17, 15) is 17.6 Å². The molecule has 0 heterocycles. The zero-order valence-corrected chi connectivity index (χ0v) is 6.35. The third-order valence-corrected chi connectivity index (χ3v) is 1.52. The van der Waals surface area contributed by atoms with Crippen LogP contribution in [0.4, 0.5) is 17.6 Å². The van der Waals surface area contributed by atoms with Crippen molar-refractivity contribution in [2.24, 2.45) is 0 Å². The van der Waals surface area contributed by atoms with Crippen LogP contribution in [-0.4, -0.2) is 11.5 Å². The molecule has 0 aliphatic rings. The molecule has 72 valence electrons. The number of rotatable bonds is 2. The molecule has 5 heteroatoms. The Morgan fingerprint density at radius 2 is 1.77 bits per heavy atom. The van der Waals surface area contributed by atoms with Crippen molar-refractivity contribution in [1.82, 2.24) is 0 Å². The van der Waals surface area contributed by atoms with E-state index >= 15 is 0 Å². The Bertz CT molecular complexity index is 300. The van der Waals surface area contributed by atoms with E-state index in [1.807, 2.05) is 0 Å². The van der Waals surface area contributed by atoms with Crippen molar-refractivity contribution in [3.05, 3.63) is 35.4 Å². The van der Waals surface area contributed by atoms with Crippen molar-refractivity contribution in [2.75, 3.05) is 0 Å². The molecule has 1 aromatic rings. The first-order chi connectivity index (χ1) is 6.02. The Balaban J connectivity index is 3.05. The fraction of sp³-hybridized carbons (Fsp3) is 0.250. The zero-order valence-electron chi connectivity index (χ0n) is 6.35. The Hall–Kier alpha value is -1.10. The van der Waals surface area contributed by atoms with Crippen LogP contribution in [0.25, 0.3) is 0 Å². The summed E-state index contributed by atoms with van der Waals surface area (Å²) in [6, 6.07) is 2.03. The fourth-order valence-corrected chi connectivity index (χ4v) is 0.877. The number of halogens is 4. The molecule has 1 nitrogen and oxygen atoms in total. The van der Waals surface area contributed by atoms with E-state index in [0.717, 1.165) is 6.07 Å². The van der Waals surface area contributed by atoms with Crippen LogP contribution < -0.4 is 0 Å².